The number of amides is 1. The van der Waals surface area contributed by atoms with Gasteiger partial charge in [-0.2, -0.15) is 0 Å². The van der Waals surface area contributed by atoms with Gasteiger partial charge in [-0.3, -0.25) is 9.59 Å². The molecule has 0 saturated carbocycles. The summed E-state index contributed by atoms with van der Waals surface area (Å²) < 4.78 is 11.7. The number of fused-ring (bicyclic) bond motifs is 1. The molecule has 1 amide bonds. The van der Waals surface area contributed by atoms with Gasteiger partial charge in [0.05, 0.1) is 19.8 Å². The first-order valence-electron chi connectivity index (χ1n) is 8.85. The van der Waals surface area contributed by atoms with Gasteiger partial charge in [0, 0.05) is 24.0 Å². The number of carbonyl (C=O) groups excluding carboxylic acids is 2. The van der Waals surface area contributed by atoms with Crippen molar-refractivity contribution in [2.24, 2.45) is 0 Å². The summed E-state index contributed by atoms with van der Waals surface area (Å²) in [5, 5.41) is 2.82. The molecule has 7 heteroatoms. The highest BCUT2D eigenvalue weighted by atomic mass is 16.5. The number of benzene rings is 1. The molecule has 142 valence electrons. The van der Waals surface area contributed by atoms with Gasteiger partial charge in [0.1, 0.15) is 11.3 Å². The lowest BCUT2D eigenvalue weighted by molar-refractivity contribution is 0.0600. The van der Waals surface area contributed by atoms with Crippen LogP contribution < -0.4 is 15.6 Å². The minimum absolute atomic E-state index is 0.150. The summed E-state index contributed by atoms with van der Waals surface area (Å²) in [7, 11) is 2.76. The molecule has 1 N–H and O–H groups in total. The summed E-state index contributed by atoms with van der Waals surface area (Å²) in [6.07, 6.45) is 3.49. The molecule has 2 aromatic rings. The lowest BCUT2D eigenvalue weighted by atomic mass is 10.1. The number of ether oxygens (including phenoxy) is 2. The Bertz CT molecular complexity index is 915. The van der Waals surface area contributed by atoms with Crippen molar-refractivity contribution in [3.8, 4) is 5.75 Å². The first-order chi connectivity index (χ1) is 13.0. The van der Waals surface area contributed by atoms with Crippen molar-refractivity contribution in [3.63, 3.8) is 0 Å². The van der Waals surface area contributed by atoms with Crippen LogP contribution in [-0.2, 0) is 17.7 Å². The van der Waals surface area contributed by atoms with Gasteiger partial charge < -0.3 is 19.4 Å². The summed E-state index contributed by atoms with van der Waals surface area (Å²) in [5.74, 6) is -0.512. The zero-order chi connectivity index (χ0) is 19.4. The quantitative estimate of drug-likeness (QED) is 0.836. The second-order valence-corrected chi connectivity index (χ2v) is 6.36. The Hall–Kier alpha value is -3.09. The number of rotatable bonds is 4. The summed E-state index contributed by atoms with van der Waals surface area (Å²) >= 11 is 0. The van der Waals surface area contributed by atoms with Gasteiger partial charge in [-0.25, -0.2) is 4.79 Å². The molecule has 27 heavy (non-hydrogen) atoms. The maximum absolute atomic E-state index is 13.0. The van der Waals surface area contributed by atoms with Crippen LogP contribution in [0.5, 0.6) is 5.75 Å². The molecule has 1 aliphatic heterocycles. The van der Waals surface area contributed by atoms with Crippen LogP contribution in [0.4, 0.5) is 5.69 Å². The predicted molar refractivity (Wildman–Crippen MR) is 101 cm³/mol. The van der Waals surface area contributed by atoms with Crippen molar-refractivity contribution in [2.75, 3.05) is 19.5 Å². The molecule has 3 rings (SSSR count). The number of esters is 1. The smallest absolute Gasteiger partial charge is 0.337 e. The second-order valence-electron chi connectivity index (χ2n) is 6.36. The highest BCUT2D eigenvalue weighted by molar-refractivity contribution is 6.07. The van der Waals surface area contributed by atoms with E-state index < -0.39 is 5.97 Å². The number of hydrogen-bond donors (Lipinski definition) is 1. The Balaban J connectivity index is 1.94. The number of anilines is 1. The third-order valence-corrected chi connectivity index (χ3v) is 4.69. The predicted octanol–water partition coefficient (Wildman–Crippen LogP) is 2.62. The molecule has 1 aromatic heterocycles. The first-order valence-corrected chi connectivity index (χ1v) is 8.85. The Morgan fingerprint density at radius 3 is 2.48 bits per heavy atom. The van der Waals surface area contributed by atoms with E-state index in [2.05, 4.69) is 10.1 Å². The van der Waals surface area contributed by atoms with E-state index in [0.29, 0.717) is 35.5 Å². The molecule has 0 bridgehead atoms. The molecule has 0 saturated heterocycles. The number of methoxy groups -OCH3 is 2. The highest BCUT2D eigenvalue weighted by Gasteiger charge is 2.23. The van der Waals surface area contributed by atoms with E-state index in [0.717, 1.165) is 19.3 Å². The normalized spacial score (nSPS) is 13.3. The standard InChI is InChI=1S/C20H22N2O5/c1-26-16-12-17(23)22-11-5-3-4-6-15(22)18(16)19(24)21-14-9-7-13(8-10-14)20(25)27-2/h7-10,12H,3-6,11H2,1-2H3,(H,21,24). The summed E-state index contributed by atoms with van der Waals surface area (Å²) in [5.41, 5.74) is 1.88. The molecule has 0 aliphatic carbocycles. The molecule has 0 unspecified atom stereocenters. The molecular formula is C20H22N2O5. The Morgan fingerprint density at radius 2 is 1.81 bits per heavy atom. The summed E-state index contributed by atoms with van der Waals surface area (Å²) in [6, 6.07) is 7.78. The van der Waals surface area contributed by atoms with Crippen LogP contribution in [0, 0.1) is 0 Å². The van der Waals surface area contributed by atoms with E-state index in [9.17, 15) is 14.4 Å². The molecule has 0 radical (unpaired) electrons. The minimum Gasteiger partial charge on any atom is -0.496 e. The largest absolute Gasteiger partial charge is 0.496 e. The van der Waals surface area contributed by atoms with Crippen LogP contribution in [0.1, 0.15) is 45.7 Å². The van der Waals surface area contributed by atoms with Gasteiger partial charge >= 0.3 is 5.97 Å². The van der Waals surface area contributed by atoms with Gasteiger partial charge in [-0.15, -0.1) is 0 Å². The maximum Gasteiger partial charge on any atom is 0.337 e. The molecule has 0 atom stereocenters. The Labute approximate surface area is 156 Å². The zero-order valence-electron chi connectivity index (χ0n) is 15.4. The lowest BCUT2D eigenvalue weighted by Gasteiger charge is -2.17. The fourth-order valence-corrected chi connectivity index (χ4v) is 3.32. The first kappa shape index (κ1) is 18.7. The number of carbonyl (C=O) groups is 2. The average Bonchev–Trinajstić information content (AvgIpc) is 2.94. The number of nitrogens with one attached hydrogen (secondary N) is 1. The van der Waals surface area contributed by atoms with Crippen LogP contribution in [0.3, 0.4) is 0 Å². The van der Waals surface area contributed by atoms with Crippen molar-refractivity contribution >= 4 is 17.6 Å². The van der Waals surface area contributed by atoms with Crippen molar-refractivity contribution in [1.82, 2.24) is 4.57 Å². The second kappa shape index (κ2) is 8.07. The fourth-order valence-electron chi connectivity index (χ4n) is 3.32. The highest BCUT2D eigenvalue weighted by Crippen LogP contribution is 2.26. The van der Waals surface area contributed by atoms with Crippen molar-refractivity contribution in [3.05, 3.63) is 57.5 Å². The van der Waals surface area contributed by atoms with Gasteiger partial charge in [-0.05, 0) is 43.5 Å². The van der Waals surface area contributed by atoms with Gasteiger partial charge in [0.25, 0.3) is 11.5 Å². The van der Waals surface area contributed by atoms with E-state index in [1.54, 1.807) is 28.8 Å². The number of aromatic nitrogens is 1. The SMILES string of the molecule is COC(=O)c1ccc(NC(=O)c2c(OC)cc(=O)n3c2CCCCC3)cc1. The molecular weight excluding hydrogens is 348 g/mol. The Morgan fingerprint density at radius 1 is 1.07 bits per heavy atom. The van der Waals surface area contributed by atoms with E-state index >= 15 is 0 Å². The lowest BCUT2D eigenvalue weighted by Crippen LogP contribution is -2.27. The van der Waals surface area contributed by atoms with E-state index in [-0.39, 0.29) is 17.2 Å². The van der Waals surface area contributed by atoms with E-state index in [1.165, 1.54) is 20.3 Å². The van der Waals surface area contributed by atoms with E-state index in [4.69, 9.17) is 4.74 Å². The zero-order valence-corrected chi connectivity index (χ0v) is 15.4. The van der Waals surface area contributed by atoms with Crippen molar-refractivity contribution in [2.45, 2.75) is 32.2 Å². The number of hydrogen-bond acceptors (Lipinski definition) is 5. The monoisotopic (exact) mass is 370 g/mol. The molecule has 0 spiro atoms. The molecule has 2 heterocycles. The fraction of sp³-hybridized carbons (Fsp3) is 0.350. The van der Waals surface area contributed by atoms with Gasteiger partial charge in [-0.1, -0.05) is 6.42 Å². The summed E-state index contributed by atoms with van der Waals surface area (Å²) in [4.78, 5) is 36.9. The maximum atomic E-state index is 13.0. The molecule has 7 nitrogen and oxygen atoms in total. The Kier molecular flexibility index (Phi) is 5.59. The van der Waals surface area contributed by atoms with E-state index in [1.807, 2.05) is 0 Å². The van der Waals surface area contributed by atoms with Crippen LogP contribution in [0.15, 0.2) is 35.1 Å². The molecule has 1 aliphatic rings. The summed E-state index contributed by atoms with van der Waals surface area (Å²) in [6.45, 7) is 0.603. The topological polar surface area (TPSA) is 86.6 Å². The van der Waals surface area contributed by atoms with Crippen LogP contribution in [0.2, 0.25) is 0 Å². The van der Waals surface area contributed by atoms with Crippen molar-refractivity contribution in [1.29, 1.82) is 0 Å². The van der Waals surface area contributed by atoms with Crippen LogP contribution >= 0.6 is 0 Å². The van der Waals surface area contributed by atoms with Gasteiger partial charge in [0.2, 0.25) is 0 Å². The average molecular weight is 370 g/mol. The number of pyridine rings is 1. The molecule has 1 aromatic carbocycles. The van der Waals surface area contributed by atoms with Gasteiger partial charge in [0.15, 0.2) is 0 Å². The third-order valence-electron chi connectivity index (χ3n) is 4.69. The van der Waals surface area contributed by atoms with Crippen LogP contribution in [0.25, 0.3) is 0 Å². The molecule has 0 fully saturated rings. The third kappa shape index (κ3) is 3.86. The van der Waals surface area contributed by atoms with Crippen molar-refractivity contribution < 1.29 is 19.1 Å². The number of nitrogens with zero attached hydrogens (tertiary/aromatic N) is 1. The minimum atomic E-state index is -0.442. The van der Waals surface area contributed by atoms with Crippen LogP contribution in [-0.4, -0.2) is 30.7 Å².